The molecule has 0 bridgehead atoms. The van der Waals surface area contributed by atoms with Gasteiger partial charge < -0.3 is 10.2 Å². The van der Waals surface area contributed by atoms with Gasteiger partial charge in [-0.15, -0.1) is 0 Å². The van der Waals surface area contributed by atoms with E-state index in [2.05, 4.69) is 10.4 Å². The molecule has 0 radical (unpaired) electrons. The Balaban J connectivity index is 1.70. The van der Waals surface area contributed by atoms with E-state index >= 15 is 0 Å². The third-order valence-corrected chi connectivity index (χ3v) is 6.67. The fourth-order valence-electron chi connectivity index (χ4n) is 4.98. The molecule has 166 valence electrons. The van der Waals surface area contributed by atoms with Crippen molar-refractivity contribution in [2.24, 2.45) is 0 Å². The maximum atomic E-state index is 13.8. The Morgan fingerprint density at radius 1 is 1.03 bits per heavy atom. The van der Waals surface area contributed by atoms with Gasteiger partial charge >= 0.3 is 0 Å². The van der Waals surface area contributed by atoms with Crippen LogP contribution < -0.4 is 5.32 Å². The van der Waals surface area contributed by atoms with E-state index < -0.39 is 6.04 Å². The summed E-state index contributed by atoms with van der Waals surface area (Å²) >= 11 is 0. The van der Waals surface area contributed by atoms with Gasteiger partial charge in [0.15, 0.2) is 0 Å². The average molecular weight is 423 g/mol. The summed E-state index contributed by atoms with van der Waals surface area (Å²) in [5.41, 5.74) is 1.42. The first-order chi connectivity index (χ1) is 15.0. The highest BCUT2D eigenvalue weighted by Crippen LogP contribution is 2.33. The van der Waals surface area contributed by atoms with Crippen molar-refractivity contribution in [1.82, 2.24) is 20.0 Å². The van der Waals surface area contributed by atoms with E-state index in [0.717, 1.165) is 56.9 Å². The predicted molar refractivity (Wildman–Crippen MR) is 121 cm³/mol. The molecule has 4 rings (SSSR count). The topological polar surface area (TPSA) is 67.2 Å². The molecule has 2 fully saturated rings. The largest absolute Gasteiger partial charge is 0.351 e. The molecule has 1 heterocycles. The molecule has 2 amide bonds. The molecule has 1 N–H and O–H groups in total. The molecular formula is C25H34N4O2. The number of nitrogens with one attached hydrogen (secondary N) is 1. The number of hydrogen-bond donors (Lipinski definition) is 1. The highest BCUT2D eigenvalue weighted by atomic mass is 16.2. The molecule has 6 heteroatoms. The van der Waals surface area contributed by atoms with Crippen LogP contribution in [0.2, 0.25) is 0 Å². The Labute approximate surface area is 185 Å². The van der Waals surface area contributed by atoms with Crippen LogP contribution in [0.4, 0.5) is 0 Å². The molecule has 1 aromatic carbocycles. The average Bonchev–Trinajstić information content (AvgIpc) is 3.54. The second kappa shape index (κ2) is 9.67. The molecule has 2 aliphatic rings. The van der Waals surface area contributed by atoms with Crippen molar-refractivity contribution in [3.8, 4) is 0 Å². The number of aromatic nitrogens is 2. The highest BCUT2D eigenvalue weighted by molar-refractivity contribution is 5.98. The zero-order valence-electron chi connectivity index (χ0n) is 18.7. The van der Waals surface area contributed by atoms with E-state index in [-0.39, 0.29) is 29.9 Å². The summed E-state index contributed by atoms with van der Waals surface area (Å²) in [5, 5.41) is 7.63. The van der Waals surface area contributed by atoms with Gasteiger partial charge in [0.05, 0.1) is 11.8 Å². The minimum Gasteiger partial charge on any atom is -0.351 e. The molecule has 0 aliphatic heterocycles. The zero-order chi connectivity index (χ0) is 21.8. The first-order valence-corrected chi connectivity index (χ1v) is 11.8. The molecule has 31 heavy (non-hydrogen) atoms. The second-order valence-electron chi connectivity index (χ2n) is 9.26. The Hall–Kier alpha value is -2.63. The minimum atomic E-state index is -0.625. The van der Waals surface area contributed by atoms with Crippen molar-refractivity contribution in [1.29, 1.82) is 0 Å². The van der Waals surface area contributed by atoms with Crippen molar-refractivity contribution >= 4 is 11.8 Å². The van der Waals surface area contributed by atoms with E-state index in [9.17, 15) is 9.59 Å². The molecular weight excluding hydrogens is 388 g/mol. The summed E-state index contributed by atoms with van der Waals surface area (Å²) < 4.78 is 1.80. The molecule has 6 nitrogen and oxygen atoms in total. The number of nitrogens with zero attached hydrogens (tertiary/aromatic N) is 3. The van der Waals surface area contributed by atoms with E-state index in [4.69, 9.17) is 0 Å². The van der Waals surface area contributed by atoms with Crippen LogP contribution in [0, 0.1) is 0 Å². The Morgan fingerprint density at radius 2 is 1.68 bits per heavy atom. The Morgan fingerprint density at radius 3 is 2.29 bits per heavy atom. The van der Waals surface area contributed by atoms with Gasteiger partial charge in [-0.05, 0) is 45.1 Å². The number of amides is 2. The van der Waals surface area contributed by atoms with Crippen molar-refractivity contribution in [3.63, 3.8) is 0 Å². The van der Waals surface area contributed by atoms with Crippen molar-refractivity contribution in [3.05, 3.63) is 53.9 Å². The van der Waals surface area contributed by atoms with Gasteiger partial charge in [-0.25, -0.2) is 0 Å². The lowest BCUT2D eigenvalue weighted by Crippen LogP contribution is -2.49. The van der Waals surface area contributed by atoms with E-state index in [1.807, 2.05) is 55.3 Å². The number of carbonyl (C=O) groups is 2. The SMILES string of the molecule is CC(C)n1cc(C(=O)N(C2CCCC2)C(C(=O)NC2CCCC2)c2ccccc2)cn1. The van der Waals surface area contributed by atoms with Crippen molar-refractivity contribution in [2.45, 2.75) is 89.4 Å². The quantitative estimate of drug-likeness (QED) is 0.706. The van der Waals surface area contributed by atoms with Gasteiger partial charge in [0.2, 0.25) is 5.91 Å². The maximum Gasteiger partial charge on any atom is 0.258 e. The third-order valence-electron chi connectivity index (χ3n) is 6.67. The molecule has 1 aromatic heterocycles. The van der Waals surface area contributed by atoms with Crippen LogP contribution in [-0.2, 0) is 4.79 Å². The van der Waals surface area contributed by atoms with Crippen LogP contribution >= 0.6 is 0 Å². The number of hydrogen-bond acceptors (Lipinski definition) is 3. The Bertz CT molecular complexity index is 880. The third kappa shape index (κ3) is 4.83. The minimum absolute atomic E-state index is 0.0606. The van der Waals surface area contributed by atoms with Crippen LogP contribution in [0.5, 0.6) is 0 Å². The van der Waals surface area contributed by atoms with Crippen molar-refractivity contribution < 1.29 is 9.59 Å². The van der Waals surface area contributed by atoms with Crippen LogP contribution in [-0.4, -0.2) is 38.6 Å². The molecule has 2 aromatic rings. The predicted octanol–water partition coefficient (Wildman–Crippen LogP) is 4.65. The molecule has 2 saturated carbocycles. The lowest BCUT2D eigenvalue weighted by atomic mass is 9.99. The van der Waals surface area contributed by atoms with Gasteiger partial charge in [-0.3, -0.25) is 14.3 Å². The first kappa shape index (κ1) is 21.6. The molecule has 0 spiro atoms. The van der Waals surface area contributed by atoms with Crippen LogP contribution in [0.15, 0.2) is 42.7 Å². The summed E-state index contributed by atoms with van der Waals surface area (Å²) in [6.07, 6.45) is 11.8. The van der Waals surface area contributed by atoms with E-state index in [1.165, 1.54) is 0 Å². The first-order valence-electron chi connectivity index (χ1n) is 11.8. The fraction of sp³-hybridized carbons (Fsp3) is 0.560. The molecule has 2 aliphatic carbocycles. The zero-order valence-corrected chi connectivity index (χ0v) is 18.7. The van der Waals surface area contributed by atoms with E-state index in [0.29, 0.717) is 5.56 Å². The summed E-state index contributed by atoms with van der Waals surface area (Å²) in [6.45, 7) is 4.08. The lowest BCUT2D eigenvalue weighted by Gasteiger charge is -2.36. The molecule has 0 saturated heterocycles. The number of benzene rings is 1. The maximum absolute atomic E-state index is 13.8. The summed E-state index contributed by atoms with van der Waals surface area (Å²) in [4.78, 5) is 29.3. The summed E-state index contributed by atoms with van der Waals surface area (Å²) in [6, 6.07) is 9.59. The summed E-state index contributed by atoms with van der Waals surface area (Å²) in [7, 11) is 0. The van der Waals surface area contributed by atoms with Crippen LogP contribution in [0.1, 0.15) is 93.2 Å². The van der Waals surface area contributed by atoms with Crippen LogP contribution in [0.3, 0.4) is 0 Å². The lowest BCUT2D eigenvalue weighted by molar-refractivity contribution is -0.127. The Kier molecular flexibility index (Phi) is 6.73. The molecule has 1 atom stereocenters. The number of carbonyl (C=O) groups excluding carboxylic acids is 2. The summed E-state index contributed by atoms with van der Waals surface area (Å²) in [5.74, 6) is -0.163. The highest BCUT2D eigenvalue weighted by Gasteiger charge is 2.39. The molecule has 1 unspecified atom stereocenters. The van der Waals surface area contributed by atoms with Gasteiger partial charge in [-0.2, -0.15) is 5.10 Å². The number of rotatable bonds is 7. The fourth-order valence-corrected chi connectivity index (χ4v) is 4.98. The van der Waals surface area contributed by atoms with Crippen LogP contribution in [0.25, 0.3) is 0 Å². The normalized spacial score (nSPS) is 18.4. The van der Waals surface area contributed by atoms with E-state index in [1.54, 1.807) is 10.9 Å². The second-order valence-corrected chi connectivity index (χ2v) is 9.26. The van der Waals surface area contributed by atoms with Gasteiger partial charge in [-0.1, -0.05) is 56.0 Å². The van der Waals surface area contributed by atoms with Gasteiger partial charge in [0, 0.05) is 24.3 Å². The van der Waals surface area contributed by atoms with Crippen molar-refractivity contribution in [2.75, 3.05) is 0 Å². The van der Waals surface area contributed by atoms with Gasteiger partial charge in [0.25, 0.3) is 5.91 Å². The smallest absolute Gasteiger partial charge is 0.258 e. The van der Waals surface area contributed by atoms with Gasteiger partial charge in [0.1, 0.15) is 6.04 Å². The standard InChI is InChI=1S/C25H34N4O2/c1-18(2)28-17-20(16-26-28)25(31)29(22-14-8-9-15-22)23(19-10-4-3-5-11-19)24(30)27-21-12-6-7-13-21/h3-5,10-11,16-18,21-23H,6-9,12-15H2,1-2H3,(H,27,30). The monoisotopic (exact) mass is 422 g/mol.